The zero-order chi connectivity index (χ0) is 16.4. The molecule has 1 heterocycles. The molecule has 0 bridgehead atoms. The minimum absolute atomic E-state index is 0.0482. The molecule has 2 aromatic rings. The van der Waals surface area contributed by atoms with Crippen molar-refractivity contribution in [1.29, 1.82) is 0 Å². The molecule has 0 fully saturated rings. The number of hydrogen-bond donors (Lipinski definition) is 1. The number of allylic oxidation sites excluding steroid dienone is 1. The fourth-order valence-electron chi connectivity index (χ4n) is 3.28. The van der Waals surface area contributed by atoms with Crippen LogP contribution in [0.5, 0.6) is 5.75 Å². The zero-order valence-electron chi connectivity index (χ0n) is 14.3. The van der Waals surface area contributed by atoms with Gasteiger partial charge in [-0.25, -0.2) is 0 Å². The van der Waals surface area contributed by atoms with E-state index in [0.717, 1.165) is 11.4 Å². The molecular formula is C20H24N2O. The van der Waals surface area contributed by atoms with Crippen molar-refractivity contribution in [2.75, 3.05) is 24.0 Å². The summed E-state index contributed by atoms with van der Waals surface area (Å²) in [6.45, 7) is 7.40. The molecule has 0 amide bonds. The van der Waals surface area contributed by atoms with E-state index < -0.39 is 0 Å². The third kappa shape index (κ3) is 2.91. The molecule has 0 spiro atoms. The Morgan fingerprint density at radius 3 is 2.52 bits per heavy atom. The molecule has 0 atom stereocenters. The lowest BCUT2D eigenvalue weighted by Gasteiger charge is -2.43. The Morgan fingerprint density at radius 1 is 1.04 bits per heavy atom. The number of para-hydroxylation sites is 3. The predicted octanol–water partition coefficient (Wildman–Crippen LogP) is 4.77. The largest absolute Gasteiger partial charge is 0.495 e. The highest BCUT2D eigenvalue weighted by Gasteiger charge is 2.30. The summed E-state index contributed by atoms with van der Waals surface area (Å²) < 4.78 is 5.43. The van der Waals surface area contributed by atoms with Gasteiger partial charge in [0.2, 0.25) is 0 Å². The Labute approximate surface area is 138 Å². The van der Waals surface area contributed by atoms with Crippen molar-refractivity contribution in [3.63, 3.8) is 0 Å². The number of nitrogens with zero attached hydrogens (tertiary/aromatic N) is 1. The highest BCUT2D eigenvalue weighted by atomic mass is 16.5. The number of benzene rings is 2. The van der Waals surface area contributed by atoms with E-state index in [9.17, 15) is 0 Å². The monoisotopic (exact) mass is 308 g/mol. The lowest BCUT2D eigenvalue weighted by Crippen LogP contribution is -2.47. The highest BCUT2D eigenvalue weighted by Crippen LogP contribution is 2.38. The minimum Gasteiger partial charge on any atom is -0.495 e. The van der Waals surface area contributed by atoms with Gasteiger partial charge in [0, 0.05) is 11.3 Å². The summed E-state index contributed by atoms with van der Waals surface area (Å²) in [5.41, 5.74) is 4.86. The lowest BCUT2D eigenvalue weighted by molar-refractivity contribution is 0.416. The van der Waals surface area contributed by atoms with Crippen LogP contribution in [0, 0.1) is 0 Å². The first-order chi connectivity index (χ1) is 11.0. The van der Waals surface area contributed by atoms with Gasteiger partial charge in [-0.2, -0.15) is 0 Å². The number of anilines is 2. The van der Waals surface area contributed by atoms with Crippen LogP contribution in [0.4, 0.5) is 11.4 Å². The minimum atomic E-state index is -0.0482. The van der Waals surface area contributed by atoms with Gasteiger partial charge in [0.15, 0.2) is 0 Å². The summed E-state index contributed by atoms with van der Waals surface area (Å²) in [5, 5.41) is 3.52. The molecule has 0 aromatic heterocycles. The Bertz CT molecular complexity index is 734. The standard InChI is InChI=1S/C20H24N2O/c1-15-13-20(2,3)22(18-11-7-5-9-16(15)18)14-21-17-10-6-8-12-19(17)23-4/h5-13,21H,14H2,1-4H3. The second-order valence-corrected chi connectivity index (χ2v) is 6.46. The van der Waals surface area contributed by atoms with Gasteiger partial charge in [0.25, 0.3) is 0 Å². The predicted molar refractivity (Wildman–Crippen MR) is 98.1 cm³/mol. The molecule has 0 saturated heterocycles. The molecule has 1 N–H and O–H groups in total. The first-order valence-electron chi connectivity index (χ1n) is 7.96. The first kappa shape index (κ1) is 15.5. The van der Waals surface area contributed by atoms with Crippen LogP contribution in [-0.4, -0.2) is 19.3 Å². The zero-order valence-corrected chi connectivity index (χ0v) is 14.3. The number of ether oxygens (including phenoxy) is 1. The maximum absolute atomic E-state index is 5.43. The van der Waals surface area contributed by atoms with Crippen molar-refractivity contribution in [2.45, 2.75) is 26.3 Å². The second kappa shape index (κ2) is 5.99. The highest BCUT2D eigenvalue weighted by molar-refractivity contribution is 5.81. The molecule has 3 nitrogen and oxygen atoms in total. The van der Waals surface area contributed by atoms with E-state index in [1.54, 1.807) is 7.11 Å². The van der Waals surface area contributed by atoms with Crippen LogP contribution in [-0.2, 0) is 0 Å². The van der Waals surface area contributed by atoms with Gasteiger partial charge in [-0.05, 0) is 44.5 Å². The third-order valence-corrected chi connectivity index (χ3v) is 4.42. The van der Waals surface area contributed by atoms with Crippen LogP contribution in [0.1, 0.15) is 26.3 Å². The van der Waals surface area contributed by atoms with Crippen LogP contribution in [0.3, 0.4) is 0 Å². The molecule has 3 rings (SSSR count). The Kier molecular flexibility index (Phi) is 4.03. The van der Waals surface area contributed by atoms with E-state index in [1.165, 1.54) is 16.8 Å². The molecule has 23 heavy (non-hydrogen) atoms. The molecule has 0 unspecified atom stereocenters. The Balaban J connectivity index is 1.90. The number of nitrogens with one attached hydrogen (secondary N) is 1. The van der Waals surface area contributed by atoms with E-state index in [2.05, 4.69) is 61.3 Å². The second-order valence-electron chi connectivity index (χ2n) is 6.46. The van der Waals surface area contributed by atoms with Gasteiger partial charge in [-0.15, -0.1) is 0 Å². The van der Waals surface area contributed by atoms with Gasteiger partial charge in [0.05, 0.1) is 25.0 Å². The number of rotatable bonds is 4. The average Bonchev–Trinajstić information content (AvgIpc) is 2.54. The number of fused-ring (bicyclic) bond motifs is 1. The fraction of sp³-hybridized carbons (Fsp3) is 0.300. The quantitative estimate of drug-likeness (QED) is 0.880. The molecular weight excluding hydrogens is 284 g/mol. The summed E-state index contributed by atoms with van der Waals surface area (Å²) in [6, 6.07) is 16.6. The SMILES string of the molecule is COc1ccccc1NCN1c2ccccc2C(C)=CC1(C)C. The van der Waals surface area contributed by atoms with Crippen LogP contribution in [0.2, 0.25) is 0 Å². The summed E-state index contributed by atoms with van der Waals surface area (Å²) in [4.78, 5) is 2.39. The van der Waals surface area contributed by atoms with E-state index >= 15 is 0 Å². The summed E-state index contributed by atoms with van der Waals surface area (Å²) in [5.74, 6) is 0.863. The van der Waals surface area contributed by atoms with Crippen LogP contribution in [0.15, 0.2) is 54.6 Å². The Hall–Kier alpha value is -2.42. The van der Waals surface area contributed by atoms with E-state index in [-0.39, 0.29) is 5.54 Å². The molecule has 3 heteroatoms. The maximum Gasteiger partial charge on any atom is 0.141 e. The van der Waals surface area contributed by atoms with E-state index in [4.69, 9.17) is 4.74 Å². The number of hydrogen-bond acceptors (Lipinski definition) is 3. The van der Waals surface area contributed by atoms with Crippen LogP contribution in [0.25, 0.3) is 5.57 Å². The fourth-order valence-corrected chi connectivity index (χ4v) is 3.28. The smallest absolute Gasteiger partial charge is 0.141 e. The van der Waals surface area contributed by atoms with Crippen molar-refractivity contribution in [3.8, 4) is 5.75 Å². The molecule has 0 saturated carbocycles. The summed E-state index contributed by atoms with van der Waals surface area (Å²) >= 11 is 0. The van der Waals surface area contributed by atoms with Crippen LogP contribution < -0.4 is 15.0 Å². The molecule has 0 radical (unpaired) electrons. The van der Waals surface area contributed by atoms with Crippen LogP contribution >= 0.6 is 0 Å². The molecule has 1 aliphatic rings. The maximum atomic E-state index is 5.43. The molecule has 0 aliphatic carbocycles. The van der Waals surface area contributed by atoms with E-state index in [0.29, 0.717) is 6.67 Å². The third-order valence-electron chi connectivity index (χ3n) is 4.42. The summed E-state index contributed by atoms with van der Waals surface area (Å²) in [6.07, 6.45) is 2.33. The van der Waals surface area contributed by atoms with Gasteiger partial charge < -0.3 is 15.0 Å². The van der Waals surface area contributed by atoms with Crippen molar-refractivity contribution in [3.05, 3.63) is 60.2 Å². The molecule has 2 aromatic carbocycles. The van der Waals surface area contributed by atoms with E-state index in [1.807, 2.05) is 24.3 Å². The van der Waals surface area contributed by atoms with Crippen molar-refractivity contribution in [1.82, 2.24) is 0 Å². The van der Waals surface area contributed by atoms with Gasteiger partial charge in [-0.1, -0.05) is 36.4 Å². The van der Waals surface area contributed by atoms with Crippen molar-refractivity contribution in [2.24, 2.45) is 0 Å². The average molecular weight is 308 g/mol. The summed E-state index contributed by atoms with van der Waals surface area (Å²) in [7, 11) is 1.70. The van der Waals surface area contributed by atoms with Crippen molar-refractivity contribution >= 4 is 16.9 Å². The molecule has 1 aliphatic heterocycles. The lowest BCUT2D eigenvalue weighted by atomic mass is 9.89. The molecule has 120 valence electrons. The first-order valence-corrected chi connectivity index (χ1v) is 7.96. The van der Waals surface area contributed by atoms with Gasteiger partial charge >= 0.3 is 0 Å². The Morgan fingerprint density at radius 2 is 1.74 bits per heavy atom. The van der Waals surface area contributed by atoms with Gasteiger partial charge in [0.1, 0.15) is 5.75 Å². The normalized spacial score (nSPS) is 15.7. The van der Waals surface area contributed by atoms with Crippen molar-refractivity contribution < 1.29 is 4.74 Å². The van der Waals surface area contributed by atoms with Gasteiger partial charge in [-0.3, -0.25) is 0 Å². The topological polar surface area (TPSA) is 24.5 Å². The number of methoxy groups -OCH3 is 1.